The van der Waals surface area contributed by atoms with Gasteiger partial charge in [-0.05, 0) is 31.9 Å². The molecule has 0 saturated carbocycles. The highest BCUT2D eigenvalue weighted by Gasteiger charge is 2.14. The van der Waals surface area contributed by atoms with Gasteiger partial charge in [0.1, 0.15) is 10.8 Å². The maximum Gasteiger partial charge on any atom is 0.315 e. The fourth-order valence-electron chi connectivity index (χ4n) is 2.02. The first kappa shape index (κ1) is 15.4. The molecule has 2 rings (SSSR count). The van der Waals surface area contributed by atoms with E-state index in [4.69, 9.17) is 0 Å². The first-order valence-corrected chi connectivity index (χ1v) is 7.64. The van der Waals surface area contributed by atoms with Crippen LogP contribution in [0.1, 0.15) is 30.5 Å². The molecule has 21 heavy (non-hydrogen) atoms. The van der Waals surface area contributed by atoms with E-state index in [2.05, 4.69) is 15.6 Å². The van der Waals surface area contributed by atoms with Crippen LogP contribution < -0.4 is 10.6 Å². The number of aromatic nitrogens is 1. The number of amides is 2. The quantitative estimate of drug-likeness (QED) is 0.890. The van der Waals surface area contributed by atoms with Gasteiger partial charge in [0.25, 0.3) is 0 Å². The van der Waals surface area contributed by atoms with Crippen LogP contribution in [-0.2, 0) is 6.42 Å². The molecule has 0 saturated heterocycles. The van der Waals surface area contributed by atoms with E-state index in [1.54, 1.807) is 24.4 Å². The van der Waals surface area contributed by atoms with Crippen LogP contribution in [0.4, 0.5) is 9.18 Å². The summed E-state index contributed by atoms with van der Waals surface area (Å²) in [5.41, 5.74) is 0.596. The van der Waals surface area contributed by atoms with E-state index < -0.39 is 0 Å². The number of nitrogens with zero attached hydrogens (tertiary/aromatic N) is 1. The number of hydrogen-bond acceptors (Lipinski definition) is 3. The summed E-state index contributed by atoms with van der Waals surface area (Å²) in [6.07, 6.45) is 2.16. The molecule has 1 aromatic heterocycles. The van der Waals surface area contributed by atoms with Gasteiger partial charge in [0.2, 0.25) is 0 Å². The molecule has 0 spiro atoms. The number of hydrogen-bond donors (Lipinski definition) is 2. The molecular formula is C15H18FN3OS. The maximum atomic E-state index is 13.5. The van der Waals surface area contributed by atoms with E-state index >= 15 is 0 Å². The highest BCUT2D eigenvalue weighted by atomic mass is 32.1. The zero-order chi connectivity index (χ0) is 15.2. The largest absolute Gasteiger partial charge is 0.335 e. The molecule has 0 aliphatic carbocycles. The molecule has 4 nitrogen and oxygen atoms in total. The van der Waals surface area contributed by atoms with Gasteiger partial charge in [-0.1, -0.05) is 18.2 Å². The fraction of sp³-hybridized carbons (Fsp3) is 0.333. The van der Waals surface area contributed by atoms with Crippen LogP contribution in [0.2, 0.25) is 0 Å². The van der Waals surface area contributed by atoms with Crippen LogP contribution in [0.25, 0.3) is 0 Å². The van der Waals surface area contributed by atoms with Crippen molar-refractivity contribution in [3.63, 3.8) is 0 Å². The summed E-state index contributed by atoms with van der Waals surface area (Å²) in [7, 11) is 0. The number of nitrogens with one attached hydrogen (secondary N) is 2. The van der Waals surface area contributed by atoms with Gasteiger partial charge in [0.15, 0.2) is 0 Å². The lowest BCUT2D eigenvalue weighted by Crippen LogP contribution is -2.42. The van der Waals surface area contributed by atoms with E-state index in [1.807, 2.05) is 19.2 Å². The smallest absolute Gasteiger partial charge is 0.315 e. The molecule has 2 atom stereocenters. The zero-order valence-electron chi connectivity index (χ0n) is 12.0. The summed E-state index contributed by atoms with van der Waals surface area (Å²) in [5.74, 6) is -0.247. The molecule has 2 amide bonds. The van der Waals surface area contributed by atoms with E-state index in [0.717, 1.165) is 5.01 Å². The SMILES string of the molecule is C[C@H](NC(=O)N[C@@H](C)Cc1ccccc1F)c1nccs1. The highest BCUT2D eigenvalue weighted by molar-refractivity contribution is 7.09. The lowest BCUT2D eigenvalue weighted by molar-refractivity contribution is 0.234. The first-order valence-electron chi connectivity index (χ1n) is 6.76. The predicted molar refractivity (Wildman–Crippen MR) is 81.8 cm³/mol. The summed E-state index contributed by atoms with van der Waals surface area (Å²) in [5, 5.41) is 8.35. The summed E-state index contributed by atoms with van der Waals surface area (Å²) in [4.78, 5) is 16.0. The average Bonchev–Trinajstić information content (AvgIpc) is 2.95. The van der Waals surface area contributed by atoms with Gasteiger partial charge in [0, 0.05) is 17.6 Å². The Morgan fingerprint density at radius 2 is 2.10 bits per heavy atom. The second kappa shape index (κ2) is 7.17. The summed E-state index contributed by atoms with van der Waals surface area (Å²) in [6, 6.07) is 6.00. The predicted octanol–water partition coefficient (Wildman–Crippen LogP) is 3.27. The molecule has 112 valence electrons. The third-order valence-corrected chi connectivity index (χ3v) is 3.99. The van der Waals surface area contributed by atoms with Crippen LogP contribution in [0.15, 0.2) is 35.8 Å². The molecular weight excluding hydrogens is 289 g/mol. The molecule has 0 fully saturated rings. The van der Waals surface area contributed by atoms with Gasteiger partial charge in [-0.3, -0.25) is 0 Å². The Morgan fingerprint density at radius 1 is 1.33 bits per heavy atom. The Labute approximate surface area is 127 Å². The van der Waals surface area contributed by atoms with Gasteiger partial charge >= 0.3 is 6.03 Å². The summed E-state index contributed by atoms with van der Waals surface area (Å²) >= 11 is 1.49. The average molecular weight is 307 g/mol. The van der Waals surface area contributed by atoms with Crippen molar-refractivity contribution in [2.75, 3.05) is 0 Å². The Hall–Kier alpha value is -1.95. The van der Waals surface area contributed by atoms with Crippen LogP contribution >= 0.6 is 11.3 Å². The Kier molecular flexibility index (Phi) is 5.27. The fourth-order valence-corrected chi connectivity index (χ4v) is 2.66. The van der Waals surface area contributed by atoms with Crippen LogP contribution in [0.5, 0.6) is 0 Å². The first-order chi connectivity index (χ1) is 10.1. The maximum absolute atomic E-state index is 13.5. The second-order valence-corrected chi connectivity index (χ2v) is 5.83. The number of halogens is 1. The molecule has 1 aromatic carbocycles. The third kappa shape index (κ3) is 4.53. The number of carbonyl (C=O) groups excluding carboxylic acids is 1. The van der Waals surface area contributed by atoms with Crippen molar-refractivity contribution in [3.05, 3.63) is 52.2 Å². The van der Waals surface area contributed by atoms with Crippen molar-refractivity contribution in [2.45, 2.75) is 32.4 Å². The standard InChI is InChI=1S/C15H18FN3OS/c1-10(9-12-5-3-4-6-13(12)16)18-15(20)19-11(2)14-17-7-8-21-14/h3-8,10-11H,9H2,1-2H3,(H2,18,19,20)/t10-,11-/m0/s1. The van der Waals surface area contributed by atoms with Gasteiger partial charge in [-0.15, -0.1) is 11.3 Å². The Bertz CT molecular complexity index is 588. The van der Waals surface area contributed by atoms with Crippen LogP contribution in [0.3, 0.4) is 0 Å². The lowest BCUT2D eigenvalue weighted by atomic mass is 10.1. The minimum Gasteiger partial charge on any atom is -0.335 e. The monoisotopic (exact) mass is 307 g/mol. The molecule has 6 heteroatoms. The van der Waals surface area contributed by atoms with Crippen molar-refractivity contribution in [1.82, 2.24) is 15.6 Å². The van der Waals surface area contributed by atoms with E-state index in [9.17, 15) is 9.18 Å². The van der Waals surface area contributed by atoms with Gasteiger partial charge in [-0.25, -0.2) is 14.2 Å². The van der Waals surface area contributed by atoms with E-state index in [0.29, 0.717) is 12.0 Å². The molecule has 0 unspecified atom stereocenters. The molecule has 1 heterocycles. The minimum atomic E-state index is -0.276. The molecule has 0 bridgehead atoms. The van der Waals surface area contributed by atoms with Crippen molar-refractivity contribution in [3.8, 4) is 0 Å². The number of benzene rings is 1. The Morgan fingerprint density at radius 3 is 2.76 bits per heavy atom. The molecule has 0 radical (unpaired) electrons. The van der Waals surface area contributed by atoms with Crippen LogP contribution in [-0.4, -0.2) is 17.1 Å². The number of carbonyl (C=O) groups is 1. The third-order valence-electron chi connectivity index (χ3n) is 3.03. The van der Waals surface area contributed by atoms with Crippen molar-refractivity contribution in [1.29, 1.82) is 0 Å². The van der Waals surface area contributed by atoms with Gasteiger partial charge < -0.3 is 10.6 Å². The van der Waals surface area contributed by atoms with Gasteiger partial charge in [-0.2, -0.15) is 0 Å². The van der Waals surface area contributed by atoms with Crippen molar-refractivity contribution >= 4 is 17.4 Å². The van der Waals surface area contributed by atoms with Crippen molar-refractivity contribution in [2.24, 2.45) is 0 Å². The topological polar surface area (TPSA) is 54.0 Å². The minimum absolute atomic E-state index is 0.148. The number of rotatable bonds is 5. The number of thiazole rings is 1. The van der Waals surface area contributed by atoms with Gasteiger partial charge in [0.05, 0.1) is 6.04 Å². The van der Waals surface area contributed by atoms with Crippen molar-refractivity contribution < 1.29 is 9.18 Å². The zero-order valence-corrected chi connectivity index (χ0v) is 12.8. The van der Waals surface area contributed by atoms with E-state index in [-0.39, 0.29) is 23.9 Å². The highest BCUT2D eigenvalue weighted by Crippen LogP contribution is 2.14. The van der Waals surface area contributed by atoms with E-state index in [1.165, 1.54) is 17.4 Å². The number of urea groups is 1. The molecule has 2 aromatic rings. The normalized spacial score (nSPS) is 13.5. The summed E-state index contributed by atoms with van der Waals surface area (Å²) < 4.78 is 13.5. The lowest BCUT2D eigenvalue weighted by Gasteiger charge is -2.17. The molecule has 0 aliphatic heterocycles. The van der Waals surface area contributed by atoms with Crippen LogP contribution in [0, 0.1) is 5.82 Å². The molecule has 2 N–H and O–H groups in total. The molecule has 0 aliphatic rings. The summed E-state index contributed by atoms with van der Waals surface area (Å²) in [6.45, 7) is 3.72. The Balaban J connectivity index is 1.83. The second-order valence-electron chi connectivity index (χ2n) is 4.91.